The van der Waals surface area contributed by atoms with Crippen molar-refractivity contribution in [1.82, 2.24) is 5.32 Å². The van der Waals surface area contributed by atoms with E-state index in [2.05, 4.69) is 29.6 Å². The minimum Gasteiger partial charge on any atom is -0.444 e. The number of ether oxygens (including phenoxy) is 1. The predicted octanol–water partition coefficient (Wildman–Crippen LogP) is 3.43. The lowest BCUT2D eigenvalue weighted by atomic mass is 10.0. The van der Waals surface area contributed by atoms with Gasteiger partial charge in [-0.1, -0.05) is 24.3 Å². The number of carbonyl (C=O) groups is 1. The van der Waals surface area contributed by atoms with Crippen molar-refractivity contribution < 1.29 is 9.53 Å². The van der Waals surface area contributed by atoms with Gasteiger partial charge < -0.3 is 15.8 Å². The molecule has 0 fully saturated rings. The molecule has 0 radical (unpaired) electrons. The smallest absolute Gasteiger partial charge is 0.407 e. The third-order valence-corrected chi connectivity index (χ3v) is 3.25. The van der Waals surface area contributed by atoms with Crippen LogP contribution in [0.2, 0.25) is 0 Å². The maximum Gasteiger partial charge on any atom is 0.407 e. The van der Waals surface area contributed by atoms with Gasteiger partial charge in [0.1, 0.15) is 5.60 Å². The van der Waals surface area contributed by atoms with Crippen LogP contribution in [0.25, 0.3) is 0 Å². The Kier molecular flexibility index (Phi) is 7.96. The van der Waals surface area contributed by atoms with Crippen LogP contribution < -0.4 is 11.1 Å². The van der Waals surface area contributed by atoms with Gasteiger partial charge in [-0.25, -0.2) is 4.79 Å². The van der Waals surface area contributed by atoms with Crippen molar-refractivity contribution in [3.63, 3.8) is 0 Å². The van der Waals surface area contributed by atoms with Gasteiger partial charge in [-0.05, 0) is 70.5 Å². The molecule has 22 heavy (non-hydrogen) atoms. The van der Waals surface area contributed by atoms with Gasteiger partial charge in [0.2, 0.25) is 0 Å². The summed E-state index contributed by atoms with van der Waals surface area (Å²) in [6.07, 6.45) is 4.79. The zero-order chi connectivity index (χ0) is 16.4. The highest BCUT2D eigenvalue weighted by molar-refractivity contribution is 5.67. The van der Waals surface area contributed by atoms with Gasteiger partial charge in [-0.2, -0.15) is 0 Å². The number of alkyl carbamates (subject to hydrolysis) is 1. The number of aryl methyl sites for hydroxylation is 2. The molecule has 0 spiro atoms. The van der Waals surface area contributed by atoms with E-state index in [1.165, 1.54) is 11.1 Å². The number of rotatable bonds is 8. The minimum absolute atomic E-state index is 0.336. The molecule has 0 heterocycles. The Hall–Kier alpha value is -1.55. The molecule has 0 bridgehead atoms. The first kappa shape index (κ1) is 18.5. The van der Waals surface area contributed by atoms with Crippen LogP contribution in [0, 0.1) is 0 Å². The topological polar surface area (TPSA) is 64.3 Å². The van der Waals surface area contributed by atoms with Crippen LogP contribution in [0.15, 0.2) is 24.3 Å². The summed E-state index contributed by atoms with van der Waals surface area (Å²) in [5, 5.41) is 2.78. The van der Waals surface area contributed by atoms with E-state index in [0.717, 1.165) is 38.6 Å². The monoisotopic (exact) mass is 306 g/mol. The van der Waals surface area contributed by atoms with E-state index in [0.29, 0.717) is 6.54 Å². The first-order valence-corrected chi connectivity index (χ1v) is 8.15. The summed E-state index contributed by atoms with van der Waals surface area (Å²) in [5.41, 5.74) is 7.77. The molecule has 124 valence electrons. The molecule has 0 atom stereocenters. The first-order valence-electron chi connectivity index (χ1n) is 8.15. The van der Waals surface area contributed by atoms with Gasteiger partial charge in [0.05, 0.1) is 0 Å². The molecular formula is C18H30N2O2. The van der Waals surface area contributed by atoms with Crippen LogP contribution in [0.5, 0.6) is 0 Å². The van der Waals surface area contributed by atoms with E-state index in [9.17, 15) is 4.79 Å². The largest absolute Gasteiger partial charge is 0.444 e. The van der Waals surface area contributed by atoms with Crippen molar-refractivity contribution in [2.75, 3.05) is 13.1 Å². The van der Waals surface area contributed by atoms with Crippen LogP contribution in [-0.2, 0) is 17.6 Å². The maximum atomic E-state index is 11.5. The van der Waals surface area contributed by atoms with Crippen LogP contribution >= 0.6 is 0 Å². The summed E-state index contributed by atoms with van der Waals surface area (Å²) >= 11 is 0. The highest BCUT2D eigenvalue weighted by atomic mass is 16.6. The van der Waals surface area contributed by atoms with Crippen molar-refractivity contribution in [3.05, 3.63) is 35.4 Å². The van der Waals surface area contributed by atoms with E-state index in [1.54, 1.807) is 0 Å². The standard InChI is InChI=1S/C18H30N2O2/c1-18(2,3)22-17(21)20-14-5-4-7-15-9-11-16(12-10-15)8-6-13-19/h9-12H,4-8,13-14,19H2,1-3H3,(H,20,21). The first-order chi connectivity index (χ1) is 10.4. The molecule has 4 heteroatoms. The van der Waals surface area contributed by atoms with Gasteiger partial charge in [-0.3, -0.25) is 0 Å². The predicted molar refractivity (Wildman–Crippen MR) is 91.0 cm³/mol. The van der Waals surface area contributed by atoms with Crippen LogP contribution in [-0.4, -0.2) is 24.8 Å². The zero-order valence-corrected chi connectivity index (χ0v) is 14.2. The minimum atomic E-state index is -0.435. The lowest BCUT2D eigenvalue weighted by Gasteiger charge is -2.19. The molecular weight excluding hydrogens is 276 g/mol. The summed E-state index contributed by atoms with van der Waals surface area (Å²) in [6.45, 7) is 6.99. The molecule has 1 amide bonds. The summed E-state index contributed by atoms with van der Waals surface area (Å²) in [6, 6.07) is 8.74. The lowest BCUT2D eigenvalue weighted by molar-refractivity contribution is 0.0527. The van der Waals surface area contributed by atoms with Crippen molar-refractivity contribution >= 4 is 6.09 Å². The van der Waals surface area contributed by atoms with Crippen LogP contribution in [0.1, 0.15) is 51.2 Å². The zero-order valence-electron chi connectivity index (χ0n) is 14.2. The summed E-state index contributed by atoms with van der Waals surface area (Å²) in [4.78, 5) is 11.5. The quantitative estimate of drug-likeness (QED) is 0.723. The number of hydrogen-bond acceptors (Lipinski definition) is 3. The maximum absolute atomic E-state index is 11.5. The van der Waals surface area contributed by atoms with Gasteiger partial charge >= 0.3 is 6.09 Å². The normalized spacial score (nSPS) is 11.3. The average Bonchev–Trinajstić information content (AvgIpc) is 2.44. The van der Waals surface area contributed by atoms with Crippen molar-refractivity contribution in [2.24, 2.45) is 5.73 Å². The average molecular weight is 306 g/mol. The van der Waals surface area contributed by atoms with Gasteiger partial charge in [0.15, 0.2) is 0 Å². The third-order valence-electron chi connectivity index (χ3n) is 3.25. The number of nitrogens with two attached hydrogens (primary N) is 1. The molecule has 0 aromatic heterocycles. The number of carbonyl (C=O) groups excluding carboxylic acids is 1. The number of amides is 1. The van der Waals surface area contributed by atoms with Crippen molar-refractivity contribution in [3.8, 4) is 0 Å². The molecule has 0 saturated carbocycles. The molecule has 1 rings (SSSR count). The second kappa shape index (κ2) is 9.46. The second-order valence-electron chi connectivity index (χ2n) is 6.59. The number of benzene rings is 1. The van der Waals surface area contributed by atoms with Gasteiger partial charge in [-0.15, -0.1) is 0 Å². The Bertz CT molecular complexity index is 435. The Morgan fingerprint density at radius 2 is 1.59 bits per heavy atom. The highest BCUT2D eigenvalue weighted by Gasteiger charge is 2.15. The Morgan fingerprint density at radius 1 is 1.05 bits per heavy atom. The Labute approximate surface area is 134 Å². The molecule has 1 aromatic rings. The van der Waals surface area contributed by atoms with Crippen LogP contribution in [0.3, 0.4) is 0 Å². The van der Waals surface area contributed by atoms with E-state index in [-0.39, 0.29) is 6.09 Å². The fourth-order valence-corrected chi connectivity index (χ4v) is 2.14. The number of nitrogens with one attached hydrogen (secondary N) is 1. The highest BCUT2D eigenvalue weighted by Crippen LogP contribution is 2.10. The Balaban J connectivity index is 2.15. The third kappa shape index (κ3) is 8.67. The number of unbranched alkanes of at least 4 members (excludes halogenated alkanes) is 1. The fraction of sp³-hybridized carbons (Fsp3) is 0.611. The fourth-order valence-electron chi connectivity index (χ4n) is 2.14. The van der Waals surface area contributed by atoms with Crippen molar-refractivity contribution in [2.45, 2.75) is 58.5 Å². The van der Waals surface area contributed by atoms with Crippen LogP contribution in [0.4, 0.5) is 4.79 Å². The Morgan fingerprint density at radius 3 is 2.09 bits per heavy atom. The molecule has 0 aliphatic rings. The van der Waals surface area contributed by atoms with E-state index >= 15 is 0 Å². The molecule has 0 aliphatic carbocycles. The van der Waals surface area contributed by atoms with E-state index in [4.69, 9.17) is 10.5 Å². The molecule has 0 aliphatic heterocycles. The summed E-state index contributed by atoms with van der Waals surface area (Å²) in [5.74, 6) is 0. The molecule has 0 saturated heterocycles. The SMILES string of the molecule is CC(C)(C)OC(=O)NCCCCc1ccc(CCCN)cc1. The molecule has 4 nitrogen and oxygen atoms in total. The molecule has 3 N–H and O–H groups in total. The molecule has 1 aromatic carbocycles. The summed E-state index contributed by atoms with van der Waals surface area (Å²) < 4.78 is 5.19. The lowest BCUT2D eigenvalue weighted by Crippen LogP contribution is -2.33. The van der Waals surface area contributed by atoms with E-state index < -0.39 is 5.60 Å². The number of hydrogen-bond donors (Lipinski definition) is 2. The van der Waals surface area contributed by atoms with Gasteiger partial charge in [0.25, 0.3) is 0 Å². The second-order valence-corrected chi connectivity index (χ2v) is 6.59. The van der Waals surface area contributed by atoms with Crippen molar-refractivity contribution in [1.29, 1.82) is 0 Å². The van der Waals surface area contributed by atoms with E-state index in [1.807, 2.05) is 20.8 Å². The van der Waals surface area contributed by atoms with Gasteiger partial charge in [0, 0.05) is 6.54 Å². The summed E-state index contributed by atoms with van der Waals surface area (Å²) in [7, 11) is 0. The molecule has 0 unspecified atom stereocenters.